The molecule has 0 amide bonds. The highest BCUT2D eigenvalue weighted by Crippen LogP contribution is 2.65. The molecular formula is C16H26O3S. The molecule has 2 aliphatic carbocycles. The Kier molecular flexibility index (Phi) is 3.15. The topological polar surface area (TPSA) is 43.4 Å². The predicted octanol–water partition coefficient (Wildman–Crippen LogP) is 3.45. The van der Waals surface area contributed by atoms with Gasteiger partial charge in [0, 0.05) is 5.41 Å². The summed E-state index contributed by atoms with van der Waals surface area (Å²) in [6, 6.07) is 0. The minimum absolute atomic E-state index is 0.0608. The molecule has 3 aliphatic rings. The van der Waals surface area contributed by atoms with Crippen LogP contribution in [0.25, 0.3) is 0 Å². The molecule has 114 valence electrons. The lowest BCUT2D eigenvalue weighted by Crippen LogP contribution is -2.50. The van der Waals surface area contributed by atoms with E-state index in [4.69, 9.17) is 4.74 Å². The third-order valence-electron chi connectivity index (χ3n) is 5.46. The van der Waals surface area contributed by atoms with Crippen molar-refractivity contribution in [1.82, 2.24) is 0 Å². The van der Waals surface area contributed by atoms with Crippen LogP contribution in [0.1, 0.15) is 59.3 Å². The fraction of sp³-hybridized carbons (Fsp3) is 0.875. The summed E-state index contributed by atoms with van der Waals surface area (Å²) >= 11 is 0. The van der Waals surface area contributed by atoms with E-state index < -0.39 is 20.9 Å². The third kappa shape index (κ3) is 1.98. The first-order valence-corrected chi connectivity index (χ1v) is 9.47. The van der Waals surface area contributed by atoms with E-state index in [1.165, 1.54) is 0 Å². The maximum atomic E-state index is 12.8. The number of allylic oxidation sites excluding steroid dienone is 2. The van der Waals surface area contributed by atoms with Crippen molar-refractivity contribution in [3.8, 4) is 0 Å². The average molecular weight is 298 g/mol. The molecule has 0 spiro atoms. The Morgan fingerprint density at radius 3 is 2.45 bits per heavy atom. The quantitative estimate of drug-likeness (QED) is 0.696. The van der Waals surface area contributed by atoms with Gasteiger partial charge in [-0.1, -0.05) is 25.0 Å². The van der Waals surface area contributed by atoms with Crippen LogP contribution >= 0.6 is 0 Å². The number of ether oxygens (including phenoxy) is 1. The summed E-state index contributed by atoms with van der Waals surface area (Å²) in [5, 5.41) is 0. The van der Waals surface area contributed by atoms with E-state index in [9.17, 15) is 8.42 Å². The lowest BCUT2D eigenvalue weighted by Gasteiger charge is -2.52. The molecule has 20 heavy (non-hydrogen) atoms. The molecule has 0 aromatic rings. The van der Waals surface area contributed by atoms with Crippen molar-refractivity contribution in [2.45, 2.75) is 70.3 Å². The van der Waals surface area contributed by atoms with E-state index in [2.05, 4.69) is 12.2 Å². The largest absolute Gasteiger partial charge is 0.356 e. The molecule has 0 aromatic heterocycles. The number of rotatable bonds is 1. The molecule has 1 saturated carbocycles. The first-order valence-electron chi connectivity index (χ1n) is 7.75. The van der Waals surface area contributed by atoms with Crippen molar-refractivity contribution >= 4 is 9.84 Å². The molecule has 0 N–H and O–H groups in total. The molecule has 2 fully saturated rings. The summed E-state index contributed by atoms with van der Waals surface area (Å²) < 4.78 is 31.7. The molecule has 0 unspecified atom stereocenters. The van der Waals surface area contributed by atoms with E-state index in [0.717, 1.165) is 38.5 Å². The summed E-state index contributed by atoms with van der Waals surface area (Å²) in [5.41, 5.74) is -1.26. The Bertz CT molecular complexity index is 528. The van der Waals surface area contributed by atoms with E-state index >= 15 is 0 Å². The van der Waals surface area contributed by atoms with E-state index in [-0.39, 0.29) is 10.8 Å². The van der Waals surface area contributed by atoms with Crippen LogP contribution < -0.4 is 0 Å². The highest BCUT2D eigenvalue weighted by molar-refractivity contribution is 7.92. The lowest BCUT2D eigenvalue weighted by molar-refractivity contribution is -0.124. The molecular weight excluding hydrogens is 272 g/mol. The maximum Gasteiger partial charge on any atom is 0.178 e. The van der Waals surface area contributed by atoms with Gasteiger partial charge in [0.05, 0.1) is 11.4 Å². The smallest absolute Gasteiger partial charge is 0.178 e. The fourth-order valence-electron chi connectivity index (χ4n) is 4.70. The summed E-state index contributed by atoms with van der Waals surface area (Å²) in [6.07, 6.45) is 10.5. The number of hydrogen-bond acceptors (Lipinski definition) is 3. The lowest BCUT2D eigenvalue weighted by atomic mass is 9.52. The zero-order valence-electron chi connectivity index (χ0n) is 12.8. The van der Waals surface area contributed by atoms with Crippen LogP contribution in [0.3, 0.4) is 0 Å². The first-order chi connectivity index (χ1) is 9.21. The molecule has 0 aromatic carbocycles. The second-order valence-corrected chi connectivity index (χ2v) is 9.94. The normalized spacial score (nSPS) is 43.0. The van der Waals surface area contributed by atoms with Crippen molar-refractivity contribution < 1.29 is 13.2 Å². The van der Waals surface area contributed by atoms with Gasteiger partial charge in [0.25, 0.3) is 0 Å². The van der Waals surface area contributed by atoms with Gasteiger partial charge in [0.15, 0.2) is 15.3 Å². The van der Waals surface area contributed by atoms with Crippen LogP contribution in [0.4, 0.5) is 0 Å². The molecule has 3 atom stereocenters. The van der Waals surface area contributed by atoms with Crippen LogP contribution in [0.2, 0.25) is 0 Å². The molecule has 1 aliphatic heterocycles. The minimum Gasteiger partial charge on any atom is -0.356 e. The Morgan fingerprint density at radius 2 is 1.75 bits per heavy atom. The van der Waals surface area contributed by atoms with Gasteiger partial charge in [-0.05, 0) is 51.9 Å². The van der Waals surface area contributed by atoms with Crippen LogP contribution in [0.5, 0.6) is 0 Å². The Hall–Kier alpha value is -0.350. The fourth-order valence-corrected chi connectivity index (χ4v) is 7.75. The van der Waals surface area contributed by atoms with Crippen molar-refractivity contribution in [1.29, 1.82) is 0 Å². The van der Waals surface area contributed by atoms with Gasteiger partial charge >= 0.3 is 0 Å². The standard InChI is InChI=1S/C16H26O3S/c1-14(2,3)19-13-16-10-6-4-8-15(16,9-5-7-11-16)12-20(13,17)18/h4,6,13H,5,7-12H2,1-3H3/t13-,15+,16-/m1/s1. The van der Waals surface area contributed by atoms with Gasteiger partial charge in [-0.3, -0.25) is 0 Å². The summed E-state index contributed by atoms with van der Waals surface area (Å²) in [4.78, 5) is 0. The van der Waals surface area contributed by atoms with Crippen LogP contribution in [0.15, 0.2) is 12.2 Å². The van der Waals surface area contributed by atoms with Crippen LogP contribution in [-0.4, -0.2) is 25.2 Å². The molecule has 4 heteroatoms. The van der Waals surface area contributed by atoms with Crippen molar-refractivity contribution in [2.75, 3.05) is 5.75 Å². The second kappa shape index (κ2) is 4.33. The number of sulfone groups is 1. The molecule has 3 nitrogen and oxygen atoms in total. The Labute approximate surface area is 122 Å². The maximum absolute atomic E-state index is 12.8. The highest BCUT2D eigenvalue weighted by atomic mass is 32.2. The SMILES string of the molecule is CC(C)(C)O[C@H]1[C@]23CC=CC[C@]2(CCCC3)CS1(=O)=O. The van der Waals surface area contributed by atoms with Gasteiger partial charge in [0.1, 0.15) is 0 Å². The van der Waals surface area contributed by atoms with Crippen LogP contribution in [0, 0.1) is 10.8 Å². The van der Waals surface area contributed by atoms with Crippen molar-refractivity contribution in [3.63, 3.8) is 0 Å². The molecule has 1 heterocycles. The molecule has 0 radical (unpaired) electrons. The molecule has 1 saturated heterocycles. The third-order valence-corrected chi connectivity index (χ3v) is 7.61. The monoisotopic (exact) mass is 298 g/mol. The molecule has 3 rings (SSSR count). The van der Waals surface area contributed by atoms with E-state index in [1.807, 2.05) is 20.8 Å². The summed E-state index contributed by atoms with van der Waals surface area (Å²) in [6.45, 7) is 5.88. The predicted molar refractivity (Wildman–Crippen MR) is 80.1 cm³/mol. The Balaban J connectivity index is 2.10. The second-order valence-electron chi connectivity index (χ2n) is 7.89. The first kappa shape index (κ1) is 14.6. The Morgan fingerprint density at radius 1 is 1.10 bits per heavy atom. The zero-order valence-corrected chi connectivity index (χ0v) is 13.6. The van der Waals surface area contributed by atoms with Crippen molar-refractivity contribution in [3.05, 3.63) is 12.2 Å². The zero-order chi connectivity index (χ0) is 14.6. The van der Waals surface area contributed by atoms with Crippen LogP contribution in [-0.2, 0) is 14.6 Å². The summed E-state index contributed by atoms with van der Waals surface area (Å²) in [7, 11) is -3.17. The summed E-state index contributed by atoms with van der Waals surface area (Å²) in [5.74, 6) is 0.324. The van der Waals surface area contributed by atoms with Gasteiger partial charge in [-0.2, -0.15) is 0 Å². The number of hydrogen-bond donors (Lipinski definition) is 0. The minimum atomic E-state index is -3.17. The van der Waals surface area contributed by atoms with Crippen molar-refractivity contribution in [2.24, 2.45) is 10.8 Å². The molecule has 0 bridgehead atoms. The van der Waals surface area contributed by atoms with Gasteiger partial charge < -0.3 is 4.74 Å². The highest BCUT2D eigenvalue weighted by Gasteiger charge is 2.67. The average Bonchev–Trinajstić information content (AvgIpc) is 2.53. The van der Waals surface area contributed by atoms with E-state index in [0.29, 0.717) is 5.75 Å². The van der Waals surface area contributed by atoms with Gasteiger partial charge in [-0.15, -0.1) is 0 Å². The van der Waals surface area contributed by atoms with Gasteiger partial charge in [-0.25, -0.2) is 8.42 Å². The van der Waals surface area contributed by atoms with Gasteiger partial charge in [0.2, 0.25) is 0 Å². The van der Waals surface area contributed by atoms with E-state index in [1.54, 1.807) is 0 Å².